The van der Waals surface area contributed by atoms with Gasteiger partial charge in [0.05, 0.1) is 16.6 Å². The molecule has 0 spiro atoms. The van der Waals surface area contributed by atoms with Crippen LogP contribution in [0.25, 0.3) is 5.78 Å². The largest absolute Gasteiger partial charge is 0.291 e. The second-order valence-corrected chi connectivity index (χ2v) is 7.82. The number of benzene rings is 1. The van der Waals surface area contributed by atoms with Crippen LogP contribution in [0.1, 0.15) is 31.0 Å². The fourth-order valence-corrected chi connectivity index (χ4v) is 4.91. The van der Waals surface area contributed by atoms with E-state index in [4.69, 9.17) is 0 Å². The monoisotopic (exact) mass is 342 g/mol. The molecule has 0 bridgehead atoms. The number of nitrogens with zero attached hydrogens (tertiary/aromatic N) is 4. The van der Waals surface area contributed by atoms with Crippen molar-refractivity contribution >= 4 is 15.8 Å². The Hall–Kier alpha value is -2.25. The number of sulfonamides is 1. The first-order chi connectivity index (χ1) is 11.7. The van der Waals surface area contributed by atoms with E-state index in [0.29, 0.717) is 17.2 Å². The number of fused-ring (bicyclic) bond motifs is 1. The molecule has 24 heavy (non-hydrogen) atoms. The molecule has 1 unspecified atom stereocenters. The van der Waals surface area contributed by atoms with Crippen molar-refractivity contribution in [1.29, 1.82) is 0 Å². The second kappa shape index (κ2) is 5.99. The molecule has 1 fully saturated rings. The lowest BCUT2D eigenvalue weighted by molar-refractivity contribution is 0.251. The highest BCUT2D eigenvalue weighted by Crippen LogP contribution is 2.34. The van der Waals surface area contributed by atoms with Crippen molar-refractivity contribution in [3.63, 3.8) is 0 Å². The number of piperidine rings is 1. The van der Waals surface area contributed by atoms with Crippen LogP contribution in [0.2, 0.25) is 0 Å². The average Bonchev–Trinajstić information content (AvgIpc) is 3.10. The number of hydrogen-bond acceptors (Lipinski definition) is 4. The average molecular weight is 342 g/mol. The van der Waals surface area contributed by atoms with E-state index in [0.717, 1.165) is 25.0 Å². The Morgan fingerprint density at radius 2 is 1.88 bits per heavy atom. The zero-order valence-electron chi connectivity index (χ0n) is 13.1. The Morgan fingerprint density at radius 3 is 2.71 bits per heavy atom. The lowest BCUT2D eigenvalue weighted by Crippen LogP contribution is -2.38. The first-order valence-corrected chi connectivity index (χ1v) is 9.47. The van der Waals surface area contributed by atoms with E-state index in [9.17, 15) is 8.42 Å². The fraction of sp³-hybridized carbons (Fsp3) is 0.294. The van der Waals surface area contributed by atoms with Crippen molar-refractivity contribution in [3.05, 3.63) is 60.7 Å². The summed E-state index contributed by atoms with van der Waals surface area (Å²) >= 11 is 0. The third kappa shape index (κ3) is 2.59. The summed E-state index contributed by atoms with van der Waals surface area (Å²) < 4.78 is 29.5. The quantitative estimate of drug-likeness (QED) is 0.734. The van der Waals surface area contributed by atoms with Crippen LogP contribution in [0, 0.1) is 0 Å². The smallest absolute Gasteiger partial charge is 0.243 e. The van der Waals surface area contributed by atoms with Gasteiger partial charge in [-0.1, -0.05) is 24.6 Å². The molecule has 0 amide bonds. The number of rotatable bonds is 3. The molecule has 124 valence electrons. The molecule has 1 atom stereocenters. The first kappa shape index (κ1) is 15.3. The van der Waals surface area contributed by atoms with Crippen LogP contribution in [-0.2, 0) is 10.0 Å². The molecular weight excluding hydrogens is 324 g/mol. The van der Waals surface area contributed by atoms with Crippen molar-refractivity contribution in [1.82, 2.24) is 18.7 Å². The lowest BCUT2D eigenvalue weighted by atomic mass is 10.0. The zero-order valence-corrected chi connectivity index (χ0v) is 13.9. The van der Waals surface area contributed by atoms with E-state index >= 15 is 0 Å². The van der Waals surface area contributed by atoms with Gasteiger partial charge in [0.25, 0.3) is 0 Å². The van der Waals surface area contributed by atoms with E-state index in [1.54, 1.807) is 34.8 Å². The van der Waals surface area contributed by atoms with Crippen LogP contribution >= 0.6 is 0 Å². The van der Waals surface area contributed by atoms with E-state index in [1.165, 1.54) is 0 Å². The topological polar surface area (TPSA) is 67.6 Å². The molecule has 1 saturated heterocycles. The third-order valence-corrected chi connectivity index (χ3v) is 6.35. The molecule has 7 heteroatoms. The highest BCUT2D eigenvalue weighted by Gasteiger charge is 2.35. The minimum Gasteiger partial charge on any atom is -0.291 e. The lowest BCUT2D eigenvalue weighted by Gasteiger charge is -2.34. The Morgan fingerprint density at radius 1 is 1.04 bits per heavy atom. The van der Waals surface area contributed by atoms with Crippen molar-refractivity contribution < 1.29 is 8.42 Å². The molecule has 1 aromatic carbocycles. The van der Waals surface area contributed by atoms with E-state index in [2.05, 4.69) is 9.97 Å². The minimum atomic E-state index is -3.53. The van der Waals surface area contributed by atoms with Crippen LogP contribution in [0.5, 0.6) is 0 Å². The molecule has 4 rings (SSSR count). The standard InChI is InChI=1S/C17H18N4O2S/c22-24(23,14-6-2-1-3-7-14)21-11-5-4-8-16(21)15-9-12-20-13-10-18-17(20)19-15/h1-3,6-7,9-10,12-13,16H,4-5,8,11H2. The normalized spacial score (nSPS) is 19.6. The zero-order chi connectivity index (χ0) is 16.6. The highest BCUT2D eigenvalue weighted by atomic mass is 32.2. The van der Waals surface area contributed by atoms with Crippen molar-refractivity contribution in [3.8, 4) is 0 Å². The van der Waals surface area contributed by atoms with Gasteiger partial charge < -0.3 is 0 Å². The Labute approximate surface area is 140 Å². The van der Waals surface area contributed by atoms with Gasteiger partial charge in [-0.25, -0.2) is 18.4 Å². The summed E-state index contributed by atoms with van der Waals surface area (Å²) in [6.45, 7) is 0.517. The van der Waals surface area contributed by atoms with Crippen molar-refractivity contribution in [2.75, 3.05) is 6.54 Å². The predicted molar refractivity (Wildman–Crippen MR) is 89.9 cm³/mol. The molecule has 0 radical (unpaired) electrons. The van der Waals surface area contributed by atoms with Gasteiger partial charge in [-0.15, -0.1) is 0 Å². The van der Waals surface area contributed by atoms with E-state index < -0.39 is 10.0 Å². The Balaban J connectivity index is 1.75. The molecule has 0 N–H and O–H groups in total. The van der Waals surface area contributed by atoms with E-state index in [1.807, 2.05) is 28.9 Å². The summed E-state index contributed by atoms with van der Waals surface area (Å²) in [5, 5.41) is 0. The summed E-state index contributed by atoms with van der Waals surface area (Å²) in [5.74, 6) is 0.593. The molecule has 2 aromatic heterocycles. The molecule has 3 aromatic rings. The number of imidazole rings is 1. The molecule has 3 heterocycles. The van der Waals surface area contributed by atoms with Crippen molar-refractivity contribution in [2.45, 2.75) is 30.2 Å². The molecule has 6 nitrogen and oxygen atoms in total. The molecular formula is C17H18N4O2S. The van der Waals surface area contributed by atoms with Gasteiger partial charge in [0.1, 0.15) is 0 Å². The maximum Gasteiger partial charge on any atom is 0.243 e. The highest BCUT2D eigenvalue weighted by molar-refractivity contribution is 7.89. The predicted octanol–water partition coefficient (Wildman–Crippen LogP) is 2.65. The van der Waals surface area contributed by atoms with Crippen LogP contribution in [-0.4, -0.2) is 33.6 Å². The second-order valence-electron chi connectivity index (χ2n) is 5.93. The third-order valence-electron chi connectivity index (χ3n) is 4.43. The Kier molecular flexibility index (Phi) is 3.82. The Bertz CT molecular complexity index is 953. The number of aromatic nitrogens is 3. The van der Waals surface area contributed by atoms with Gasteiger partial charge >= 0.3 is 0 Å². The van der Waals surface area contributed by atoms with Gasteiger partial charge in [-0.05, 0) is 31.0 Å². The maximum absolute atomic E-state index is 13.1. The molecule has 0 aliphatic carbocycles. The SMILES string of the molecule is O=S(=O)(c1ccccc1)N1CCCCC1c1ccn2ccnc2n1. The summed E-state index contributed by atoms with van der Waals surface area (Å²) in [6.07, 6.45) is 8.03. The maximum atomic E-state index is 13.1. The van der Waals surface area contributed by atoms with Crippen LogP contribution in [0.15, 0.2) is 59.9 Å². The van der Waals surface area contributed by atoms with Crippen LogP contribution in [0.3, 0.4) is 0 Å². The van der Waals surface area contributed by atoms with E-state index in [-0.39, 0.29) is 6.04 Å². The van der Waals surface area contributed by atoms with Crippen molar-refractivity contribution in [2.24, 2.45) is 0 Å². The molecule has 1 aliphatic rings. The van der Waals surface area contributed by atoms with Crippen LogP contribution < -0.4 is 0 Å². The summed E-state index contributed by atoms with van der Waals surface area (Å²) in [5.41, 5.74) is 0.757. The van der Waals surface area contributed by atoms with Gasteiger partial charge in [-0.2, -0.15) is 4.31 Å². The summed E-state index contributed by atoms with van der Waals surface area (Å²) in [6, 6.07) is 10.3. The molecule has 0 saturated carbocycles. The van der Waals surface area contributed by atoms with Gasteiger partial charge in [0.2, 0.25) is 15.8 Å². The van der Waals surface area contributed by atoms with Gasteiger partial charge in [0.15, 0.2) is 0 Å². The number of hydrogen-bond donors (Lipinski definition) is 0. The summed E-state index contributed by atoms with van der Waals surface area (Å²) in [7, 11) is -3.53. The summed E-state index contributed by atoms with van der Waals surface area (Å²) in [4.78, 5) is 9.10. The van der Waals surface area contributed by atoms with Crippen LogP contribution in [0.4, 0.5) is 0 Å². The van der Waals surface area contributed by atoms with Gasteiger partial charge in [-0.3, -0.25) is 4.40 Å². The fourth-order valence-electron chi connectivity index (χ4n) is 3.22. The first-order valence-electron chi connectivity index (χ1n) is 8.03. The minimum absolute atomic E-state index is 0.245. The van der Waals surface area contributed by atoms with Gasteiger partial charge in [0, 0.05) is 25.1 Å². The molecule has 1 aliphatic heterocycles.